The molecule has 4 aliphatic carbocycles. The Morgan fingerprint density at radius 3 is 2.12 bits per heavy atom. The van der Waals surface area contributed by atoms with Gasteiger partial charge in [-0.2, -0.15) is 5.26 Å². The zero-order chi connectivity index (χ0) is 12.0. The minimum Gasteiger partial charge on any atom is -0.300 e. The maximum atomic E-state index is 11.3. The smallest absolute Gasteiger partial charge is 0.131 e. The van der Waals surface area contributed by atoms with E-state index < -0.39 is 0 Å². The summed E-state index contributed by atoms with van der Waals surface area (Å²) in [6.07, 6.45) is 7.30. The first-order valence-electron chi connectivity index (χ1n) is 7.06. The second-order valence-corrected chi connectivity index (χ2v) is 6.65. The van der Waals surface area contributed by atoms with Crippen LogP contribution in [0.4, 0.5) is 0 Å². The lowest BCUT2D eigenvalue weighted by atomic mass is 9.49. The predicted molar refractivity (Wildman–Crippen MR) is 64.9 cm³/mol. The molecular weight excluding hydrogens is 210 g/mol. The monoisotopic (exact) mass is 231 g/mol. The molecule has 0 aromatic heterocycles. The first kappa shape index (κ1) is 11.3. The minimum atomic E-state index is 0.00231. The SMILES string of the molecule is CC(=O)CC(C#N)C1C2CC3CC(C2)CC1C3. The lowest BCUT2D eigenvalue weighted by Crippen LogP contribution is -2.47. The van der Waals surface area contributed by atoms with Crippen LogP contribution in [-0.2, 0) is 4.79 Å². The number of nitriles is 1. The number of carbonyl (C=O) groups excluding carboxylic acids is 1. The van der Waals surface area contributed by atoms with Gasteiger partial charge in [-0.3, -0.25) is 4.79 Å². The molecule has 0 radical (unpaired) electrons. The van der Waals surface area contributed by atoms with Gasteiger partial charge in [0.15, 0.2) is 0 Å². The fourth-order valence-corrected chi connectivity index (χ4v) is 5.20. The second kappa shape index (κ2) is 4.12. The number of hydrogen-bond donors (Lipinski definition) is 0. The lowest BCUT2D eigenvalue weighted by molar-refractivity contribution is -0.119. The number of nitrogens with zero attached hydrogens (tertiary/aromatic N) is 1. The molecule has 4 fully saturated rings. The molecule has 0 N–H and O–H groups in total. The van der Waals surface area contributed by atoms with Crippen molar-refractivity contribution in [3.8, 4) is 6.07 Å². The molecule has 2 heteroatoms. The summed E-state index contributed by atoms with van der Waals surface area (Å²) < 4.78 is 0. The fourth-order valence-electron chi connectivity index (χ4n) is 5.20. The van der Waals surface area contributed by atoms with Gasteiger partial charge in [-0.15, -0.1) is 0 Å². The average molecular weight is 231 g/mol. The van der Waals surface area contributed by atoms with E-state index in [-0.39, 0.29) is 11.7 Å². The molecule has 0 saturated heterocycles. The van der Waals surface area contributed by atoms with E-state index >= 15 is 0 Å². The average Bonchev–Trinajstić information content (AvgIpc) is 2.25. The fraction of sp³-hybridized carbons (Fsp3) is 0.867. The van der Waals surface area contributed by atoms with Crippen LogP contribution in [0.1, 0.15) is 45.4 Å². The van der Waals surface area contributed by atoms with E-state index in [0.717, 1.165) is 23.7 Å². The number of hydrogen-bond acceptors (Lipinski definition) is 2. The third-order valence-electron chi connectivity index (χ3n) is 5.44. The van der Waals surface area contributed by atoms with Crippen LogP contribution in [0.2, 0.25) is 0 Å². The summed E-state index contributed by atoms with van der Waals surface area (Å²) in [6, 6.07) is 2.44. The molecule has 92 valence electrons. The Hall–Kier alpha value is -0.840. The molecule has 0 spiro atoms. The standard InChI is InChI=1S/C15H21NO/c1-9(17)2-14(8-16)15-12-4-10-3-11(6-12)7-13(15)5-10/h10-15H,2-7H2,1H3. The zero-order valence-corrected chi connectivity index (χ0v) is 10.6. The van der Waals surface area contributed by atoms with Crippen LogP contribution in [-0.4, -0.2) is 5.78 Å². The van der Waals surface area contributed by atoms with Crippen LogP contribution in [0.15, 0.2) is 0 Å². The molecular formula is C15H21NO. The number of Topliss-reactive ketones (excluding diaryl/α,β-unsaturated/α-hetero) is 1. The van der Waals surface area contributed by atoms with Crippen molar-refractivity contribution in [2.45, 2.75) is 45.4 Å². The summed E-state index contributed by atoms with van der Waals surface area (Å²) >= 11 is 0. The van der Waals surface area contributed by atoms with E-state index in [4.69, 9.17) is 0 Å². The summed E-state index contributed by atoms with van der Waals surface area (Å²) in [6.45, 7) is 1.63. The van der Waals surface area contributed by atoms with E-state index in [2.05, 4.69) is 6.07 Å². The highest BCUT2D eigenvalue weighted by atomic mass is 16.1. The van der Waals surface area contributed by atoms with Crippen LogP contribution in [0.25, 0.3) is 0 Å². The molecule has 4 aliphatic rings. The van der Waals surface area contributed by atoms with E-state index in [0.29, 0.717) is 12.3 Å². The lowest BCUT2D eigenvalue weighted by Gasteiger charge is -2.55. The molecule has 0 aliphatic heterocycles. The van der Waals surface area contributed by atoms with Gasteiger partial charge in [0.1, 0.15) is 5.78 Å². The second-order valence-electron chi connectivity index (χ2n) is 6.65. The topological polar surface area (TPSA) is 40.9 Å². The van der Waals surface area contributed by atoms with Gasteiger partial charge in [-0.05, 0) is 68.6 Å². The van der Waals surface area contributed by atoms with Crippen LogP contribution in [0.5, 0.6) is 0 Å². The van der Waals surface area contributed by atoms with Crippen molar-refractivity contribution in [2.75, 3.05) is 0 Å². The Balaban J connectivity index is 1.79. The molecule has 2 nitrogen and oxygen atoms in total. The summed E-state index contributed by atoms with van der Waals surface area (Å²) in [4.78, 5) is 11.3. The van der Waals surface area contributed by atoms with E-state index in [1.165, 1.54) is 32.1 Å². The van der Waals surface area contributed by atoms with Crippen molar-refractivity contribution >= 4 is 5.78 Å². The molecule has 0 amide bonds. The zero-order valence-electron chi connectivity index (χ0n) is 10.6. The predicted octanol–water partition coefficient (Wildman–Crippen LogP) is 3.18. The van der Waals surface area contributed by atoms with Gasteiger partial charge in [0, 0.05) is 6.42 Å². The van der Waals surface area contributed by atoms with Gasteiger partial charge in [0.25, 0.3) is 0 Å². The Morgan fingerprint density at radius 1 is 1.18 bits per heavy atom. The number of rotatable bonds is 3. The van der Waals surface area contributed by atoms with Gasteiger partial charge in [0.2, 0.25) is 0 Å². The van der Waals surface area contributed by atoms with Crippen LogP contribution in [0.3, 0.4) is 0 Å². The summed E-state index contributed by atoms with van der Waals surface area (Å²) in [5.41, 5.74) is 0. The van der Waals surface area contributed by atoms with E-state index in [1.54, 1.807) is 6.92 Å². The quantitative estimate of drug-likeness (QED) is 0.748. The first-order valence-corrected chi connectivity index (χ1v) is 7.06. The summed E-state index contributed by atoms with van der Waals surface area (Å²) in [5.74, 6) is 4.14. The molecule has 4 saturated carbocycles. The Bertz CT molecular complexity index is 340. The molecule has 0 heterocycles. The van der Waals surface area contributed by atoms with Gasteiger partial charge in [0.05, 0.1) is 12.0 Å². The normalized spacial score (nSPS) is 44.4. The molecule has 1 atom stereocenters. The first-order chi connectivity index (χ1) is 8.17. The van der Waals surface area contributed by atoms with Crippen molar-refractivity contribution < 1.29 is 4.79 Å². The van der Waals surface area contributed by atoms with E-state index in [1.807, 2.05) is 0 Å². The highest BCUT2D eigenvalue weighted by Gasteiger charge is 2.50. The molecule has 0 aromatic rings. The van der Waals surface area contributed by atoms with Crippen LogP contribution >= 0.6 is 0 Å². The van der Waals surface area contributed by atoms with Crippen molar-refractivity contribution in [1.82, 2.24) is 0 Å². The molecule has 4 rings (SSSR count). The summed E-state index contributed by atoms with van der Waals surface area (Å²) in [5, 5.41) is 9.36. The van der Waals surface area contributed by atoms with Crippen LogP contribution in [0, 0.1) is 46.8 Å². The Kier molecular flexibility index (Phi) is 2.73. The highest BCUT2D eigenvalue weighted by molar-refractivity contribution is 5.76. The number of ketones is 1. The van der Waals surface area contributed by atoms with Crippen molar-refractivity contribution in [3.05, 3.63) is 0 Å². The minimum absolute atomic E-state index is 0.00231. The Labute approximate surface area is 103 Å². The molecule has 4 bridgehead atoms. The van der Waals surface area contributed by atoms with Crippen molar-refractivity contribution in [1.29, 1.82) is 5.26 Å². The molecule has 0 aromatic carbocycles. The van der Waals surface area contributed by atoms with Crippen molar-refractivity contribution in [2.24, 2.45) is 35.5 Å². The molecule has 1 unspecified atom stereocenters. The van der Waals surface area contributed by atoms with Gasteiger partial charge >= 0.3 is 0 Å². The van der Waals surface area contributed by atoms with Gasteiger partial charge in [-0.25, -0.2) is 0 Å². The van der Waals surface area contributed by atoms with Gasteiger partial charge < -0.3 is 0 Å². The maximum Gasteiger partial charge on any atom is 0.131 e. The third kappa shape index (κ3) is 1.90. The number of carbonyl (C=O) groups is 1. The van der Waals surface area contributed by atoms with Crippen molar-refractivity contribution in [3.63, 3.8) is 0 Å². The van der Waals surface area contributed by atoms with E-state index in [9.17, 15) is 10.1 Å². The summed E-state index contributed by atoms with van der Waals surface area (Å²) in [7, 11) is 0. The third-order valence-corrected chi connectivity index (χ3v) is 5.44. The van der Waals surface area contributed by atoms with Crippen LogP contribution < -0.4 is 0 Å². The maximum absolute atomic E-state index is 11.3. The Morgan fingerprint density at radius 2 is 1.71 bits per heavy atom. The van der Waals surface area contributed by atoms with Gasteiger partial charge in [-0.1, -0.05) is 0 Å². The highest BCUT2D eigenvalue weighted by Crippen LogP contribution is 2.58. The largest absolute Gasteiger partial charge is 0.300 e. The molecule has 17 heavy (non-hydrogen) atoms.